The minimum atomic E-state index is 0.0104. The van der Waals surface area contributed by atoms with Crippen LogP contribution in [0, 0.1) is 5.92 Å². The first kappa shape index (κ1) is 15.7. The Morgan fingerprint density at radius 3 is 2.86 bits per heavy atom. The minimum absolute atomic E-state index is 0.0104. The van der Waals surface area contributed by atoms with Crippen LogP contribution in [0.15, 0.2) is 18.3 Å². The molecule has 116 valence electrons. The zero-order valence-corrected chi connectivity index (χ0v) is 12.5. The van der Waals surface area contributed by atoms with Crippen LogP contribution in [0.4, 0.5) is 11.5 Å². The smallest absolute Gasteiger partial charge is 0.224 e. The Labute approximate surface area is 125 Å². The van der Waals surface area contributed by atoms with Crippen molar-refractivity contribution in [3.63, 3.8) is 0 Å². The predicted octanol–water partition coefficient (Wildman–Crippen LogP) is 1.23. The summed E-state index contributed by atoms with van der Waals surface area (Å²) in [6.07, 6.45) is 3.00. The number of hydrogen-bond donors (Lipinski definition) is 2. The summed E-state index contributed by atoms with van der Waals surface area (Å²) in [5, 5.41) is 2.87. The van der Waals surface area contributed by atoms with Crippen LogP contribution in [-0.2, 0) is 9.53 Å². The van der Waals surface area contributed by atoms with Crippen molar-refractivity contribution >= 4 is 17.4 Å². The number of nitrogens with one attached hydrogen (secondary N) is 1. The van der Waals surface area contributed by atoms with Crippen LogP contribution in [0.25, 0.3) is 0 Å². The van der Waals surface area contributed by atoms with Crippen molar-refractivity contribution in [2.24, 2.45) is 11.7 Å². The Morgan fingerprint density at radius 1 is 1.48 bits per heavy atom. The molecule has 0 spiro atoms. The summed E-state index contributed by atoms with van der Waals surface area (Å²) >= 11 is 0. The molecule has 1 unspecified atom stereocenters. The summed E-state index contributed by atoms with van der Waals surface area (Å²) in [5.74, 6) is 1.31. The predicted molar refractivity (Wildman–Crippen MR) is 83.4 cm³/mol. The van der Waals surface area contributed by atoms with Crippen molar-refractivity contribution in [1.82, 2.24) is 4.98 Å². The fourth-order valence-corrected chi connectivity index (χ4v) is 2.16. The number of rotatable bonds is 6. The van der Waals surface area contributed by atoms with E-state index in [0.29, 0.717) is 18.9 Å². The third kappa shape index (κ3) is 4.99. The average molecular weight is 292 g/mol. The van der Waals surface area contributed by atoms with E-state index in [4.69, 9.17) is 10.5 Å². The summed E-state index contributed by atoms with van der Waals surface area (Å²) in [5.41, 5.74) is 6.28. The van der Waals surface area contributed by atoms with Gasteiger partial charge in [0.2, 0.25) is 5.91 Å². The molecule has 0 aliphatic carbocycles. The molecule has 1 aliphatic rings. The summed E-state index contributed by atoms with van der Waals surface area (Å²) in [7, 11) is 0. The van der Waals surface area contributed by atoms with E-state index in [0.717, 1.165) is 44.2 Å². The molecule has 21 heavy (non-hydrogen) atoms. The normalized spacial score (nSPS) is 16.6. The summed E-state index contributed by atoms with van der Waals surface area (Å²) in [4.78, 5) is 18.4. The summed E-state index contributed by atoms with van der Waals surface area (Å²) < 4.78 is 5.32. The number of anilines is 2. The monoisotopic (exact) mass is 292 g/mol. The molecule has 0 bridgehead atoms. The molecule has 0 aromatic carbocycles. The van der Waals surface area contributed by atoms with Crippen LogP contribution < -0.4 is 16.0 Å². The van der Waals surface area contributed by atoms with E-state index in [2.05, 4.69) is 15.2 Å². The van der Waals surface area contributed by atoms with E-state index in [1.807, 2.05) is 19.1 Å². The van der Waals surface area contributed by atoms with Crippen LogP contribution in [0.2, 0.25) is 0 Å². The van der Waals surface area contributed by atoms with Crippen molar-refractivity contribution < 1.29 is 9.53 Å². The van der Waals surface area contributed by atoms with Gasteiger partial charge < -0.3 is 20.7 Å². The highest BCUT2D eigenvalue weighted by molar-refractivity contribution is 5.90. The van der Waals surface area contributed by atoms with Crippen molar-refractivity contribution in [3.8, 4) is 0 Å². The molecule has 3 N–H and O–H groups in total. The molecular weight excluding hydrogens is 268 g/mol. The quantitative estimate of drug-likeness (QED) is 0.824. The molecule has 6 heteroatoms. The van der Waals surface area contributed by atoms with Crippen molar-refractivity contribution in [2.75, 3.05) is 43.1 Å². The van der Waals surface area contributed by atoms with Crippen molar-refractivity contribution in [1.29, 1.82) is 0 Å². The van der Waals surface area contributed by atoms with E-state index in [1.54, 1.807) is 6.20 Å². The molecule has 1 aromatic heterocycles. The number of aromatic nitrogens is 1. The number of carbonyl (C=O) groups is 1. The van der Waals surface area contributed by atoms with Gasteiger partial charge in [-0.05, 0) is 31.0 Å². The van der Waals surface area contributed by atoms with Gasteiger partial charge in [0.15, 0.2) is 0 Å². The number of ether oxygens (including phenoxy) is 1. The largest absolute Gasteiger partial charge is 0.378 e. The van der Waals surface area contributed by atoms with Gasteiger partial charge in [0.25, 0.3) is 0 Å². The first-order chi connectivity index (χ1) is 10.2. The second-order valence-corrected chi connectivity index (χ2v) is 5.43. The van der Waals surface area contributed by atoms with Gasteiger partial charge in [0, 0.05) is 19.5 Å². The Hall–Kier alpha value is -1.66. The zero-order chi connectivity index (χ0) is 15.1. The van der Waals surface area contributed by atoms with Gasteiger partial charge in [-0.1, -0.05) is 6.92 Å². The molecule has 1 amide bonds. The fraction of sp³-hybridized carbons (Fsp3) is 0.600. The van der Waals surface area contributed by atoms with Gasteiger partial charge in [-0.3, -0.25) is 4.79 Å². The van der Waals surface area contributed by atoms with E-state index in [1.165, 1.54) is 0 Å². The molecule has 1 atom stereocenters. The first-order valence-electron chi connectivity index (χ1n) is 7.47. The molecule has 0 saturated carbocycles. The number of morpholine rings is 1. The van der Waals surface area contributed by atoms with E-state index in [-0.39, 0.29) is 5.91 Å². The van der Waals surface area contributed by atoms with Crippen LogP contribution in [0.3, 0.4) is 0 Å². The minimum Gasteiger partial charge on any atom is -0.378 e. The Bertz CT molecular complexity index is 443. The molecule has 1 fully saturated rings. The molecule has 1 saturated heterocycles. The lowest BCUT2D eigenvalue weighted by Crippen LogP contribution is -2.36. The highest BCUT2D eigenvalue weighted by Crippen LogP contribution is 2.16. The molecule has 2 rings (SSSR count). The van der Waals surface area contributed by atoms with E-state index >= 15 is 0 Å². The van der Waals surface area contributed by atoms with E-state index < -0.39 is 0 Å². The SMILES string of the molecule is CC(CN)CCC(=O)Nc1ccc(N2CCOCC2)nc1. The van der Waals surface area contributed by atoms with Crippen molar-refractivity contribution in [3.05, 3.63) is 18.3 Å². The first-order valence-corrected chi connectivity index (χ1v) is 7.47. The highest BCUT2D eigenvalue weighted by Gasteiger charge is 2.12. The topological polar surface area (TPSA) is 80.5 Å². The number of nitrogens with two attached hydrogens (primary N) is 1. The van der Waals surface area contributed by atoms with Gasteiger partial charge >= 0.3 is 0 Å². The van der Waals surface area contributed by atoms with Gasteiger partial charge in [-0.2, -0.15) is 0 Å². The molecule has 6 nitrogen and oxygen atoms in total. The summed E-state index contributed by atoms with van der Waals surface area (Å²) in [6.45, 7) is 5.85. The van der Waals surface area contributed by atoms with Crippen LogP contribution >= 0.6 is 0 Å². The lowest BCUT2D eigenvalue weighted by molar-refractivity contribution is -0.116. The zero-order valence-electron chi connectivity index (χ0n) is 12.5. The maximum absolute atomic E-state index is 11.8. The van der Waals surface area contributed by atoms with Gasteiger partial charge in [0.05, 0.1) is 25.1 Å². The highest BCUT2D eigenvalue weighted by atomic mass is 16.5. The second kappa shape index (κ2) is 7.95. The van der Waals surface area contributed by atoms with Gasteiger partial charge in [0.1, 0.15) is 5.82 Å². The van der Waals surface area contributed by atoms with Gasteiger partial charge in [-0.15, -0.1) is 0 Å². The van der Waals surface area contributed by atoms with Crippen LogP contribution in [0.5, 0.6) is 0 Å². The maximum Gasteiger partial charge on any atom is 0.224 e. The summed E-state index contributed by atoms with van der Waals surface area (Å²) in [6, 6.07) is 3.82. The number of carbonyl (C=O) groups excluding carboxylic acids is 1. The number of hydrogen-bond acceptors (Lipinski definition) is 5. The molecule has 1 aromatic rings. The number of amides is 1. The maximum atomic E-state index is 11.8. The molecular formula is C15H24N4O2. The van der Waals surface area contributed by atoms with Gasteiger partial charge in [-0.25, -0.2) is 4.98 Å². The second-order valence-electron chi connectivity index (χ2n) is 5.43. The molecule has 0 radical (unpaired) electrons. The Kier molecular flexibility index (Phi) is 5.95. The van der Waals surface area contributed by atoms with Crippen LogP contribution in [0.1, 0.15) is 19.8 Å². The lowest BCUT2D eigenvalue weighted by Gasteiger charge is -2.27. The third-order valence-electron chi connectivity index (χ3n) is 3.63. The van der Waals surface area contributed by atoms with E-state index in [9.17, 15) is 4.79 Å². The molecule has 2 heterocycles. The van der Waals surface area contributed by atoms with Crippen molar-refractivity contribution in [2.45, 2.75) is 19.8 Å². The number of pyridine rings is 1. The Balaban J connectivity index is 1.82. The third-order valence-corrected chi connectivity index (χ3v) is 3.63. The number of nitrogens with zero attached hydrogens (tertiary/aromatic N) is 2. The fourth-order valence-electron chi connectivity index (χ4n) is 2.16. The Morgan fingerprint density at radius 2 is 2.24 bits per heavy atom. The molecule has 1 aliphatic heterocycles. The standard InChI is InChI=1S/C15H24N4O2/c1-12(10-16)2-5-15(20)18-13-3-4-14(17-11-13)19-6-8-21-9-7-19/h3-4,11-12H,2,5-10,16H2,1H3,(H,18,20). The van der Waals surface area contributed by atoms with Crippen LogP contribution in [-0.4, -0.2) is 43.7 Å². The average Bonchev–Trinajstić information content (AvgIpc) is 2.54. The lowest BCUT2D eigenvalue weighted by atomic mass is 10.1.